The Morgan fingerprint density at radius 3 is 1.93 bits per heavy atom. The van der Waals surface area contributed by atoms with Gasteiger partial charge in [-0.3, -0.25) is 4.90 Å². The maximum atomic E-state index is 4.10. The number of rotatable bonds is 4. The first kappa shape index (κ1) is 13.7. The van der Waals surface area contributed by atoms with E-state index in [9.17, 15) is 0 Å². The van der Waals surface area contributed by atoms with Crippen LogP contribution in [0.4, 0.5) is 0 Å². The van der Waals surface area contributed by atoms with E-state index in [0.717, 1.165) is 5.92 Å². The van der Waals surface area contributed by atoms with Crippen molar-refractivity contribution in [2.45, 2.75) is 59.5 Å². The van der Waals surface area contributed by atoms with Gasteiger partial charge in [0.1, 0.15) is 0 Å². The van der Waals surface area contributed by atoms with Crippen LogP contribution in [0.5, 0.6) is 0 Å². The van der Waals surface area contributed by atoms with Gasteiger partial charge < -0.3 is 0 Å². The zero-order valence-corrected chi connectivity index (χ0v) is 11.0. The van der Waals surface area contributed by atoms with E-state index < -0.39 is 0 Å². The summed E-state index contributed by atoms with van der Waals surface area (Å²) in [6.45, 7) is 17.5. The van der Waals surface area contributed by atoms with Crippen molar-refractivity contribution in [2.75, 3.05) is 7.05 Å². The highest BCUT2D eigenvalue weighted by Gasteiger charge is 2.25. The van der Waals surface area contributed by atoms with Crippen LogP contribution in [0.15, 0.2) is 12.2 Å². The Morgan fingerprint density at radius 1 is 1.29 bits per heavy atom. The summed E-state index contributed by atoms with van der Waals surface area (Å²) < 4.78 is 0. The second kappa shape index (κ2) is 4.97. The molecule has 0 radical (unpaired) electrons. The topological polar surface area (TPSA) is 3.24 Å². The summed E-state index contributed by atoms with van der Waals surface area (Å²) in [5.41, 5.74) is 1.49. The lowest BCUT2D eigenvalue weighted by molar-refractivity contribution is 0.122. The number of nitrogens with zero attached hydrogens (tertiary/aromatic N) is 1. The fourth-order valence-electron chi connectivity index (χ4n) is 1.60. The molecule has 0 aliphatic rings. The third-order valence-corrected chi connectivity index (χ3v) is 2.79. The van der Waals surface area contributed by atoms with Crippen molar-refractivity contribution < 1.29 is 0 Å². The molecule has 0 aromatic heterocycles. The zero-order valence-electron chi connectivity index (χ0n) is 11.0. The van der Waals surface area contributed by atoms with Gasteiger partial charge in [0, 0.05) is 11.6 Å². The molecule has 0 aliphatic heterocycles. The molecule has 14 heavy (non-hydrogen) atoms. The van der Waals surface area contributed by atoms with Crippen LogP contribution in [-0.4, -0.2) is 23.5 Å². The van der Waals surface area contributed by atoms with Crippen LogP contribution in [0.1, 0.15) is 48.0 Å². The largest absolute Gasteiger partial charge is 0.295 e. The van der Waals surface area contributed by atoms with Crippen LogP contribution in [0, 0.1) is 5.92 Å². The molecule has 0 amide bonds. The highest BCUT2D eigenvalue weighted by Crippen LogP contribution is 2.23. The van der Waals surface area contributed by atoms with Crippen molar-refractivity contribution in [3.63, 3.8) is 0 Å². The molecular formula is C13H27N. The minimum Gasteiger partial charge on any atom is -0.295 e. The Balaban J connectivity index is 4.58. The van der Waals surface area contributed by atoms with E-state index >= 15 is 0 Å². The van der Waals surface area contributed by atoms with Crippen molar-refractivity contribution in [3.8, 4) is 0 Å². The molecule has 0 aromatic rings. The van der Waals surface area contributed by atoms with Gasteiger partial charge in [0.2, 0.25) is 0 Å². The summed E-state index contributed by atoms with van der Waals surface area (Å²) in [6, 6.07) is 0.509. The maximum Gasteiger partial charge on any atom is 0.0306 e. The van der Waals surface area contributed by atoms with Crippen LogP contribution >= 0.6 is 0 Å². The fraction of sp³-hybridized carbons (Fsp3) is 0.846. The van der Waals surface area contributed by atoms with Crippen molar-refractivity contribution >= 4 is 0 Å². The summed E-state index contributed by atoms with van der Waals surface area (Å²) in [6.07, 6.45) is 1.20. The molecule has 0 saturated heterocycles. The summed E-state index contributed by atoms with van der Waals surface area (Å²) in [5, 5.41) is 0. The first-order valence-corrected chi connectivity index (χ1v) is 5.54. The summed E-state index contributed by atoms with van der Waals surface area (Å²) >= 11 is 0. The lowest BCUT2D eigenvalue weighted by Gasteiger charge is -2.40. The third kappa shape index (κ3) is 4.28. The fourth-order valence-corrected chi connectivity index (χ4v) is 1.60. The number of hydrogen-bond donors (Lipinski definition) is 0. The molecule has 0 rings (SSSR count). The number of likely N-dealkylation sites (N-methyl/N-ethyl adjacent to an activating group) is 1. The predicted octanol–water partition coefficient (Wildman–Crippen LogP) is 3.71. The molecule has 0 bridgehead atoms. The average Bonchev–Trinajstić information content (AvgIpc) is 1.96. The minimum atomic E-state index is 0.221. The second-order valence-electron chi connectivity index (χ2n) is 5.77. The van der Waals surface area contributed by atoms with E-state index in [1.807, 2.05) is 0 Å². The van der Waals surface area contributed by atoms with Gasteiger partial charge in [0.15, 0.2) is 0 Å². The Bertz CT molecular complexity index is 186. The van der Waals surface area contributed by atoms with E-state index in [4.69, 9.17) is 0 Å². The molecule has 0 aliphatic carbocycles. The van der Waals surface area contributed by atoms with Gasteiger partial charge >= 0.3 is 0 Å². The standard InChI is InChI=1S/C13H27N/c1-10(2)9-12(11(3)4)14(8)13(5,6)7/h10,12H,3,9H2,1-2,4-8H3. The van der Waals surface area contributed by atoms with Gasteiger partial charge in [-0.25, -0.2) is 0 Å². The van der Waals surface area contributed by atoms with E-state index in [1.165, 1.54) is 12.0 Å². The summed E-state index contributed by atoms with van der Waals surface area (Å²) in [7, 11) is 2.20. The lowest BCUT2D eigenvalue weighted by atomic mass is 9.93. The van der Waals surface area contributed by atoms with Crippen molar-refractivity contribution in [1.82, 2.24) is 4.90 Å². The van der Waals surface area contributed by atoms with Crippen LogP contribution < -0.4 is 0 Å². The predicted molar refractivity (Wildman–Crippen MR) is 65.6 cm³/mol. The first-order valence-electron chi connectivity index (χ1n) is 5.54. The van der Waals surface area contributed by atoms with Gasteiger partial charge in [-0.2, -0.15) is 0 Å². The maximum absolute atomic E-state index is 4.10. The molecule has 0 N–H and O–H groups in total. The quantitative estimate of drug-likeness (QED) is 0.621. The van der Waals surface area contributed by atoms with Crippen molar-refractivity contribution in [3.05, 3.63) is 12.2 Å². The molecule has 0 fully saturated rings. The average molecular weight is 197 g/mol. The Kier molecular flexibility index (Phi) is 4.87. The Labute approximate surface area is 90.2 Å². The SMILES string of the molecule is C=C(C)C(CC(C)C)N(C)C(C)(C)C. The minimum absolute atomic E-state index is 0.221. The van der Waals surface area contributed by atoms with Crippen LogP contribution in [0.25, 0.3) is 0 Å². The summed E-state index contributed by atoms with van der Waals surface area (Å²) in [4.78, 5) is 2.43. The van der Waals surface area contributed by atoms with Crippen LogP contribution in [0.3, 0.4) is 0 Å². The molecule has 0 aromatic carbocycles. The first-order chi connectivity index (χ1) is 6.16. The molecular weight excluding hydrogens is 170 g/mol. The molecule has 1 heteroatoms. The molecule has 84 valence electrons. The normalized spacial score (nSPS) is 14.9. The zero-order chi connectivity index (χ0) is 11.5. The lowest BCUT2D eigenvalue weighted by Crippen LogP contribution is -2.46. The second-order valence-corrected chi connectivity index (χ2v) is 5.77. The monoisotopic (exact) mass is 197 g/mol. The molecule has 1 unspecified atom stereocenters. The van der Waals surface area contributed by atoms with Gasteiger partial charge in [-0.05, 0) is 47.1 Å². The van der Waals surface area contributed by atoms with E-state index in [-0.39, 0.29) is 5.54 Å². The smallest absolute Gasteiger partial charge is 0.0306 e. The van der Waals surface area contributed by atoms with Crippen LogP contribution in [-0.2, 0) is 0 Å². The molecule has 0 saturated carbocycles. The molecule has 0 spiro atoms. The molecule has 0 heterocycles. The highest BCUT2D eigenvalue weighted by atomic mass is 15.2. The Morgan fingerprint density at radius 2 is 1.71 bits per heavy atom. The van der Waals surface area contributed by atoms with Crippen molar-refractivity contribution in [2.24, 2.45) is 5.92 Å². The van der Waals surface area contributed by atoms with Gasteiger partial charge in [0.25, 0.3) is 0 Å². The third-order valence-electron chi connectivity index (χ3n) is 2.79. The molecule has 1 atom stereocenters. The van der Waals surface area contributed by atoms with E-state index in [1.54, 1.807) is 0 Å². The van der Waals surface area contributed by atoms with Gasteiger partial charge in [-0.1, -0.05) is 26.0 Å². The highest BCUT2D eigenvalue weighted by molar-refractivity contribution is 5.04. The van der Waals surface area contributed by atoms with Crippen LogP contribution in [0.2, 0.25) is 0 Å². The van der Waals surface area contributed by atoms with Crippen molar-refractivity contribution in [1.29, 1.82) is 0 Å². The molecule has 1 nitrogen and oxygen atoms in total. The number of hydrogen-bond acceptors (Lipinski definition) is 1. The van der Waals surface area contributed by atoms with Gasteiger partial charge in [-0.15, -0.1) is 0 Å². The van der Waals surface area contributed by atoms with E-state index in [2.05, 4.69) is 60.1 Å². The summed E-state index contributed by atoms with van der Waals surface area (Å²) in [5.74, 6) is 0.724. The van der Waals surface area contributed by atoms with Gasteiger partial charge in [0.05, 0.1) is 0 Å². The Hall–Kier alpha value is -0.300. The van der Waals surface area contributed by atoms with E-state index in [0.29, 0.717) is 6.04 Å².